The van der Waals surface area contributed by atoms with Gasteiger partial charge in [0.15, 0.2) is 10.7 Å². The van der Waals surface area contributed by atoms with Crippen molar-refractivity contribution in [3.05, 3.63) is 23.5 Å². The SMILES string of the molecule is CCCc1ccc2nc(CCC)c(S(=O)(=O)Cl)n2n1. The number of hydrogen-bond donors (Lipinski definition) is 0. The summed E-state index contributed by atoms with van der Waals surface area (Å²) in [5, 5.41) is 4.33. The zero-order valence-corrected chi connectivity index (χ0v) is 12.5. The van der Waals surface area contributed by atoms with E-state index < -0.39 is 9.05 Å². The highest BCUT2D eigenvalue weighted by Gasteiger charge is 2.23. The average Bonchev–Trinajstić information content (AvgIpc) is 2.67. The van der Waals surface area contributed by atoms with Gasteiger partial charge < -0.3 is 0 Å². The van der Waals surface area contributed by atoms with Gasteiger partial charge in [-0.1, -0.05) is 26.7 Å². The summed E-state index contributed by atoms with van der Waals surface area (Å²) in [5.74, 6) is 0. The minimum Gasteiger partial charge on any atom is -0.231 e. The van der Waals surface area contributed by atoms with Gasteiger partial charge in [-0.15, -0.1) is 0 Å². The molecule has 5 nitrogen and oxygen atoms in total. The third-order valence-corrected chi connectivity index (χ3v) is 4.09. The molecule has 0 aliphatic carbocycles. The molecule has 0 aliphatic heterocycles. The fraction of sp³-hybridized carbons (Fsp3) is 0.500. The summed E-state index contributed by atoms with van der Waals surface area (Å²) in [5.41, 5.74) is 1.83. The van der Waals surface area contributed by atoms with Gasteiger partial charge in [0, 0.05) is 10.7 Å². The van der Waals surface area contributed by atoms with E-state index in [9.17, 15) is 8.42 Å². The normalized spacial score (nSPS) is 12.2. The van der Waals surface area contributed by atoms with Crippen LogP contribution in [0, 0.1) is 0 Å². The van der Waals surface area contributed by atoms with Crippen molar-refractivity contribution in [2.75, 3.05) is 0 Å². The molecule has 0 radical (unpaired) electrons. The molecule has 2 aromatic rings. The lowest BCUT2D eigenvalue weighted by Gasteiger charge is -2.02. The third-order valence-electron chi connectivity index (χ3n) is 2.78. The second kappa shape index (κ2) is 5.46. The number of fused-ring (bicyclic) bond motifs is 1. The third kappa shape index (κ3) is 2.90. The predicted molar refractivity (Wildman–Crippen MR) is 74.0 cm³/mol. The number of aryl methyl sites for hydroxylation is 2. The minimum absolute atomic E-state index is 0.00368. The van der Waals surface area contributed by atoms with Crippen molar-refractivity contribution in [1.29, 1.82) is 0 Å². The lowest BCUT2D eigenvalue weighted by molar-refractivity contribution is 0.598. The molecule has 0 amide bonds. The Labute approximate surface area is 117 Å². The summed E-state index contributed by atoms with van der Waals surface area (Å²) >= 11 is 0. The molecular formula is C12H16ClN3O2S. The first-order valence-electron chi connectivity index (χ1n) is 6.29. The summed E-state index contributed by atoms with van der Waals surface area (Å²) in [6, 6.07) is 3.65. The van der Waals surface area contributed by atoms with Gasteiger partial charge in [0.05, 0.1) is 11.4 Å². The van der Waals surface area contributed by atoms with Gasteiger partial charge in [-0.05, 0) is 25.0 Å². The van der Waals surface area contributed by atoms with Crippen LogP contribution in [0.5, 0.6) is 0 Å². The Morgan fingerprint density at radius 2 is 1.89 bits per heavy atom. The maximum atomic E-state index is 11.7. The molecule has 19 heavy (non-hydrogen) atoms. The molecule has 0 aliphatic rings. The maximum absolute atomic E-state index is 11.7. The van der Waals surface area contributed by atoms with Crippen LogP contribution in [0.2, 0.25) is 0 Å². The molecule has 0 atom stereocenters. The number of hydrogen-bond acceptors (Lipinski definition) is 4. The first-order valence-corrected chi connectivity index (χ1v) is 8.60. The Morgan fingerprint density at radius 1 is 1.21 bits per heavy atom. The quantitative estimate of drug-likeness (QED) is 0.796. The Balaban J connectivity index is 2.70. The molecule has 0 saturated carbocycles. The van der Waals surface area contributed by atoms with Crippen molar-refractivity contribution in [2.24, 2.45) is 0 Å². The molecule has 0 fully saturated rings. The van der Waals surface area contributed by atoms with E-state index in [-0.39, 0.29) is 5.03 Å². The minimum atomic E-state index is -3.86. The second-order valence-electron chi connectivity index (χ2n) is 4.40. The molecule has 7 heteroatoms. The highest BCUT2D eigenvalue weighted by Crippen LogP contribution is 2.22. The van der Waals surface area contributed by atoms with E-state index in [1.165, 1.54) is 4.52 Å². The van der Waals surface area contributed by atoms with E-state index in [1.807, 2.05) is 19.9 Å². The lowest BCUT2D eigenvalue weighted by Crippen LogP contribution is -2.05. The number of halogens is 1. The molecule has 2 rings (SSSR count). The van der Waals surface area contributed by atoms with E-state index in [1.54, 1.807) is 6.07 Å². The smallest absolute Gasteiger partial charge is 0.231 e. The number of imidazole rings is 1. The van der Waals surface area contributed by atoms with Crippen LogP contribution in [0.4, 0.5) is 0 Å². The van der Waals surface area contributed by atoms with Crippen molar-refractivity contribution in [2.45, 2.75) is 44.6 Å². The summed E-state index contributed by atoms with van der Waals surface area (Å²) in [7, 11) is 1.66. The van der Waals surface area contributed by atoms with Crippen LogP contribution in [0.25, 0.3) is 5.65 Å². The number of rotatable bonds is 5. The van der Waals surface area contributed by atoms with Crippen molar-refractivity contribution in [3.8, 4) is 0 Å². The van der Waals surface area contributed by atoms with E-state index >= 15 is 0 Å². The van der Waals surface area contributed by atoms with Crippen LogP contribution in [0.15, 0.2) is 17.2 Å². The second-order valence-corrected chi connectivity index (χ2v) is 6.88. The van der Waals surface area contributed by atoms with Crippen LogP contribution < -0.4 is 0 Å². The van der Waals surface area contributed by atoms with E-state index in [4.69, 9.17) is 10.7 Å². The van der Waals surface area contributed by atoms with Gasteiger partial charge in [0.1, 0.15) is 0 Å². The zero-order chi connectivity index (χ0) is 14.0. The van der Waals surface area contributed by atoms with Gasteiger partial charge in [-0.2, -0.15) is 5.10 Å². The van der Waals surface area contributed by atoms with Crippen LogP contribution in [0.1, 0.15) is 38.1 Å². The van der Waals surface area contributed by atoms with E-state index in [0.717, 1.165) is 25.0 Å². The Hall–Kier alpha value is -1.14. The molecule has 0 aromatic carbocycles. The van der Waals surface area contributed by atoms with Gasteiger partial charge in [0.25, 0.3) is 9.05 Å². The summed E-state index contributed by atoms with van der Waals surface area (Å²) in [4.78, 5) is 4.31. The first kappa shape index (κ1) is 14.3. The highest BCUT2D eigenvalue weighted by molar-refractivity contribution is 8.13. The first-order chi connectivity index (χ1) is 8.97. The summed E-state index contributed by atoms with van der Waals surface area (Å²) < 4.78 is 24.8. The predicted octanol–water partition coefficient (Wildman–Crippen LogP) is 2.56. The zero-order valence-electron chi connectivity index (χ0n) is 10.9. The van der Waals surface area contributed by atoms with E-state index in [2.05, 4.69) is 10.1 Å². The van der Waals surface area contributed by atoms with Crippen LogP contribution >= 0.6 is 10.7 Å². The molecule has 0 bridgehead atoms. The standard InChI is InChI=1S/C12H16ClN3O2S/c1-3-5-9-7-8-11-14-10(6-4-2)12(16(11)15-9)19(13,17)18/h7-8H,3-6H2,1-2H3. The van der Waals surface area contributed by atoms with Crippen LogP contribution in [-0.2, 0) is 21.9 Å². The van der Waals surface area contributed by atoms with E-state index in [0.29, 0.717) is 17.8 Å². The molecule has 0 saturated heterocycles. The highest BCUT2D eigenvalue weighted by atomic mass is 35.7. The van der Waals surface area contributed by atoms with Crippen LogP contribution in [-0.4, -0.2) is 23.0 Å². The molecular weight excluding hydrogens is 286 g/mol. The Kier molecular flexibility index (Phi) is 4.10. The number of aromatic nitrogens is 3. The topological polar surface area (TPSA) is 64.3 Å². The van der Waals surface area contributed by atoms with Gasteiger partial charge in [0.2, 0.25) is 0 Å². The van der Waals surface area contributed by atoms with Gasteiger partial charge in [-0.25, -0.2) is 17.9 Å². The molecule has 0 spiro atoms. The molecule has 2 heterocycles. The average molecular weight is 302 g/mol. The largest absolute Gasteiger partial charge is 0.280 e. The monoisotopic (exact) mass is 301 g/mol. The maximum Gasteiger partial charge on any atom is 0.280 e. The van der Waals surface area contributed by atoms with Gasteiger partial charge in [-0.3, -0.25) is 0 Å². The summed E-state index contributed by atoms with van der Waals surface area (Å²) in [6.07, 6.45) is 3.09. The fourth-order valence-electron chi connectivity index (χ4n) is 2.03. The van der Waals surface area contributed by atoms with Crippen molar-refractivity contribution < 1.29 is 8.42 Å². The van der Waals surface area contributed by atoms with Gasteiger partial charge >= 0.3 is 0 Å². The molecule has 0 unspecified atom stereocenters. The van der Waals surface area contributed by atoms with Crippen LogP contribution in [0.3, 0.4) is 0 Å². The molecule has 104 valence electrons. The van der Waals surface area contributed by atoms with Crippen molar-refractivity contribution in [3.63, 3.8) is 0 Å². The summed E-state index contributed by atoms with van der Waals surface area (Å²) in [6.45, 7) is 4.01. The van der Waals surface area contributed by atoms with Crippen molar-refractivity contribution >= 4 is 25.4 Å². The van der Waals surface area contributed by atoms with Crippen molar-refractivity contribution in [1.82, 2.24) is 14.6 Å². The Morgan fingerprint density at radius 3 is 2.47 bits per heavy atom. The fourth-order valence-corrected chi connectivity index (χ4v) is 3.26. The lowest BCUT2D eigenvalue weighted by atomic mass is 10.2. The number of nitrogens with zero attached hydrogens (tertiary/aromatic N) is 3. The molecule has 0 N–H and O–H groups in total. The Bertz CT molecular complexity index is 694. The molecule has 2 aromatic heterocycles.